The molecule has 1 aliphatic carbocycles. The molecule has 2 amide bonds. The number of likely N-dealkylation sites (tertiary alicyclic amines) is 1. The Hall–Kier alpha value is -2.51. The summed E-state index contributed by atoms with van der Waals surface area (Å²) in [4.78, 5) is 39.3. The first-order valence-corrected chi connectivity index (χ1v) is 10.1. The Labute approximate surface area is 170 Å². The van der Waals surface area contributed by atoms with Crippen LogP contribution in [0.15, 0.2) is 23.0 Å². The average Bonchev–Trinajstić information content (AvgIpc) is 3.22. The maximum Gasteiger partial charge on any atom is 0.410 e. The van der Waals surface area contributed by atoms with Crippen LogP contribution < -0.4 is 5.32 Å². The van der Waals surface area contributed by atoms with Crippen LogP contribution in [0.5, 0.6) is 0 Å². The van der Waals surface area contributed by atoms with E-state index in [1.54, 1.807) is 11.2 Å². The van der Waals surface area contributed by atoms with Gasteiger partial charge in [0.15, 0.2) is 0 Å². The van der Waals surface area contributed by atoms with Crippen LogP contribution >= 0.6 is 0 Å². The van der Waals surface area contributed by atoms with Gasteiger partial charge in [0, 0.05) is 24.5 Å². The molecule has 1 N–H and O–H groups in total. The van der Waals surface area contributed by atoms with Crippen molar-refractivity contribution in [3.8, 4) is 0 Å². The smallest absolute Gasteiger partial charge is 0.410 e. The van der Waals surface area contributed by atoms with Gasteiger partial charge >= 0.3 is 12.2 Å². The number of carbonyl (C=O) groups excluding carboxylic acids is 3. The van der Waals surface area contributed by atoms with Crippen molar-refractivity contribution in [2.45, 2.75) is 70.7 Å². The summed E-state index contributed by atoms with van der Waals surface area (Å²) in [5.41, 5.74) is 2.37. The van der Waals surface area contributed by atoms with Crippen LogP contribution in [0.2, 0.25) is 0 Å². The first-order valence-electron chi connectivity index (χ1n) is 10.1. The molecule has 2 saturated heterocycles. The highest BCUT2D eigenvalue weighted by molar-refractivity contribution is 5.89. The van der Waals surface area contributed by atoms with Gasteiger partial charge in [0.1, 0.15) is 24.1 Å². The Morgan fingerprint density at radius 3 is 2.83 bits per heavy atom. The van der Waals surface area contributed by atoms with Crippen LogP contribution in [0.25, 0.3) is 0 Å². The van der Waals surface area contributed by atoms with Gasteiger partial charge in [0.25, 0.3) is 0 Å². The van der Waals surface area contributed by atoms with Crippen molar-refractivity contribution >= 4 is 18.0 Å². The summed E-state index contributed by atoms with van der Waals surface area (Å²) in [5.74, 6) is -0.233. The molecular formula is C21H28N2O6. The van der Waals surface area contributed by atoms with E-state index in [1.165, 1.54) is 0 Å². The van der Waals surface area contributed by atoms with E-state index in [0.29, 0.717) is 32.4 Å². The second kappa shape index (κ2) is 7.07. The molecule has 2 fully saturated rings. The lowest BCUT2D eigenvalue weighted by Crippen LogP contribution is -2.58. The zero-order chi connectivity index (χ0) is 20.9. The van der Waals surface area contributed by atoms with E-state index in [4.69, 9.17) is 14.2 Å². The quantitative estimate of drug-likeness (QED) is 0.760. The number of allylic oxidation sites excluding steroid dienone is 1. The number of amides is 2. The van der Waals surface area contributed by atoms with Crippen molar-refractivity contribution in [2.75, 3.05) is 13.2 Å². The molecule has 4 rings (SSSR count). The highest BCUT2D eigenvalue weighted by atomic mass is 16.6. The summed E-state index contributed by atoms with van der Waals surface area (Å²) in [6, 6.07) is -0.594. The average molecular weight is 404 g/mol. The summed E-state index contributed by atoms with van der Waals surface area (Å²) < 4.78 is 16.5. The Kier molecular flexibility index (Phi) is 4.83. The minimum atomic E-state index is -0.636. The van der Waals surface area contributed by atoms with Gasteiger partial charge in [-0.3, -0.25) is 4.79 Å². The topological polar surface area (TPSA) is 94.2 Å². The molecule has 0 saturated carbocycles. The Balaban J connectivity index is 1.62. The molecule has 3 heterocycles. The summed E-state index contributed by atoms with van der Waals surface area (Å²) in [7, 11) is 0. The van der Waals surface area contributed by atoms with Gasteiger partial charge in [0.05, 0.1) is 18.3 Å². The minimum absolute atomic E-state index is 0.103. The van der Waals surface area contributed by atoms with Crippen LogP contribution in [0.4, 0.5) is 9.59 Å². The van der Waals surface area contributed by atoms with Crippen LogP contribution in [0.1, 0.15) is 47.0 Å². The third-order valence-electron chi connectivity index (χ3n) is 6.10. The lowest BCUT2D eigenvalue weighted by Gasteiger charge is -2.43. The number of Topliss-reactive ketones (excluding diaryl/α,β-unsaturated/α-hetero) is 1. The fourth-order valence-corrected chi connectivity index (χ4v) is 4.70. The van der Waals surface area contributed by atoms with Crippen molar-refractivity contribution in [3.05, 3.63) is 23.0 Å². The van der Waals surface area contributed by atoms with Crippen LogP contribution in [-0.4, -0.2) is 59.8 Å². The SMILES string of the molecule is CC1=C2COC=C2CC(=O)C1CC1[C@@H]2OC(=O)N[C@H]2CCN1C(=O)OC(C)(C)C. The van der Waals surface area contributed by atoms with E-state index < -0.39 is 29.9 Å². The van der Waals surface area contributed by atoms with E-state index in [-0.39, 0.29) is 17.7 Å². The Bertz CT molecular complexity index is 808. The van der Waals surface area contributed by atoms with E-state index in [0.717, 1.165) is 16.7 Å². The zero-order valence-corrected chi connectivity index (χ0v) is 17.3. The van der Waals surface area contributed by atoms with E-state index >= 15 is 0 Å². The normalized spacial score (nSPS) is 31.4. The molecule has 4 aliphatic rings. The second-order valence-electron chi connectivity index (χ2n) is 9.20. The van der Waals surface area contributed by atoms with Crippen molar-refractivity contribution in [2.24, 2.45) is 5.92 Å². The third kappa shape index (κ3) is 3.72. The van der Waals surface area contributed by atoms with Gasteiger partial charge in [0.2, 0.25) is 0 Å². The lowest BCUT2D eigenvalue weighted by atomic mass is 9.75. The number of hydrogen-bond acceptors (Lipinski definition) is 6. The van der Waals surface area contributed by atoms with Gasteiger partial charge in [-0.25, -0.2) is 9.59 Å². The van der Waals surface area contributed by atoms with Crippen LogP contribution in [0, 0.1) is 5.92 Å². The third-order valence-corrected chi connectivity index (χ3v) is 6.10. The molecule has 0 spiro atoms. The molecule has 0 aromatic rings. The number of hydrogen-bond donors (Lipinski definition) is 1. The van der Waals surface area contributed by atoms with Crippen LogP contribution in [-0.2, 0) is 19.0 Å². The molecule has 2 unspecified atom stereocenters. The number of alkyl carbamates (subject to hydrolysis) is 1. The predicted molar refractivity (Wildman–Crippen MR) is 103 cm³/mol. The number of ketones is 1. The largest absolute Gasteiger partial charge is 0.496 e. The molecule has 8 heteroatoms. The number of nitrogens with zero attached hydrogens (tertiary/aromatic N) is 1. The molecule has 8 nitrogen and oxygen atoms in total. The number of carbonyl (C=O) groups is 3. The molecule has 0 radical (unpaired) electrons. The number of piperidine rings is 1. The standard InChI is InChI=1S/C21H28N2O6/c1-11-13(17(24)7-12-9-27-10-14(11)12)8-16-18-15(22-19(25)28-18)5-6-23(16)20(26)29-21(2,3)4/h9,13,15-16,18H,5-8,10H2,1-4H3,(H,22,25)/t13?,15-,16?,18+/m0/s1. The summed E-state index contributed by atoms with van der Waals surface area (Å²) >= 11 is 0. The molecule has 3 aliphatic heterocycles. The molecule has 158 valence electrons. The highest BCUT2D eigenvalue weighted by Crippen LogP contribution is 2.39. The molecule has 0 aromatic heterocycles. The van der Waals surface area contributed by atoms with Gasteiger partial charge in [-0.15, -0.1) is 0 Å². The molecule has 29 heavy (non-hydrogen) atoms. The monoisotopic (exact) mass is 404 g/mol. The predicted octanol–water partition coefficient (Wildman–Crippen LogP) is 2.68. The fraction of sp³-hybridized carbons (Fsp3) is 0.667. The van der Waals surface area contributed by atoms with E-state index in [1.807, 2.05) is 27.7 Å². The first kappa shape index (κ1) is 19.8. The lowest BCUT2D eigenvalue weighted by molar-refractivity contribution is -0.122. The summed E-state index contributed by atoms with van der Waals surface area (Å²) in [6.07, 6.45) is 1.58. The van der Waals surface area contributed by atoms with E-state index in [2.05, 4.69) is 5.32 Å². The summed E-state index contributed by atoms with van der Waals surface area (Å²) in [6.45, 7) is 8.32. The van der Waals surface area contributed by atoms with Crippen LogP contribution in [0.3, 0.4) is 0 Å². The van der Waals surface area contributed by atoms with Gasteiger partial charge in [-0.2, -0.15) is 0 Å². The summed E-state index contributed by atoms with van der Waals surface area (Å²) in [5, 5.41) is 2.82. The maximum atomic E-state index is 12.9. The number of nitrogens with one attached hydrogen (secondary N) is 1. The van der Waals surface area contributed by atoms with Gasteiger partial charge in [-0.1, -0.05) is 5.57 Å². The Morgan fingerprint density at radius 1 is 1.34 bits per heavy atom. The minimum Gasteiger partial charge on any atom is -0.496 e. The number of fused-ring (bicyclic) bond motifs is 2. The van der Waals surface area contributed by atoms with Crippen molar-refractivity contribution in [1.82, 2.24) is 10.2 Å². The first-order chi connectivity index (χ1) is 13.6. The molecule has 4 atom stereocenters. The Morgan fingerprint density at radius 2 is 2.10 bits per heavy atom. The highest BCUT2D eigenvalue weighted by Gasteiger charge is 2.49. The molecular weight excluding hydrogens is 376 g/mol. The molecule has 0 aromatic carbocycles. The second-order valence-corrected chi connectivity index (χ2v) is 9.20. The van der Waals surface area contributed by atoms with E-state index in [9.17, 15) is 14.4 Å². The van der Waals surface area contributed by atoms with Crippen molar-refractivity contribution in [3.63, 3.8) is 0 Å². The van der Waals surface area contributed by atoms with Crippen molar-refractivity contribution in [1.29, 1.82) is 0 Å². The number of ether oxygens (including phenoxy) is 3. The zero-order valence-electron chi connectivity index (χ0n) is 17.3. The van der Waals surface area contributed by atoms with Crippen molar-refractivity contribution < 1.29 is 28.6 Å². The fourth-order valence-electron chi connectivity index (χ4n) is 4.70. The maximum absolute atomic E-state index is 12.9. The number of rotatable bonds is 2. The molecule has 0 bridgehead atoms. The van der Waals surface area contributed by atoms with Gasteiger partial charge in [-0.05, 0) is 46.1 Å². The van der Waals surface area contributed by atoms with Gasteiger partial charge < -0.3 is 24.4 Å².